The van der Waals surface area contributed by atoms with Gasteiger partial charge in [0.25, 0.3) is 0 Å². The van der Waals surface area contributed by atoms with Crippen LogP contribution in [0.1, 0.15) is 90.9 Å². The van der Waals surface area contributed by atoms with Crippen molar-refractivity contribution in [2.45, 2.75) is 90.9 Å². The van der Waals surface area contributed by atoms with Gasteiger partial charge in [-0.2, -0.15) is 0 Å². The van der Waals surface area contributed by atoms with Gasteiger partial charge in [0.15, 0.2) is 0 Å². The van der Waals surface area contributed by atoms with Crippen molar-refractivity contribution in [1.82, 2.24) is 4.90 Å². The van der Waals surface area contributed by atoms with Crippen LogP contribution < -0.4 is 0 Å². The quantitative estimate of drug-likeness (QED) is 0.403. The number of unbranched alkanes of at least 4 members (excludes halogenated alkanes) is 7. The molecule has 1 rings (SSSR count). The topological polar surface area (TPSA) is 3.24 Å². The second-order valence-electron chi connectivity index (χ2n) is 7.12. The largest absolute Gasteiger partial charge is 0.306 e. The molecule has 0 saturated carbocycles. The van der Waals surface area contributed by atoms with E-state index in [2.05, 4.69) is 25.8 Å². The van der Waals surface area contributed by atoms with E-state index in [1.54, 1.807) is 0 Å². The summed E-state index contributed by atoms with van der Waals surface area (Å²) >= 11 is 0. The van der Waals surface area contributed by atoms with Crippen LogP contribution in [-0.4, -0.2) is 25.0 Å². The zero-order valence-electron chi connectivity index (χ0n) is 14.5. The smallest absolute Gasteiger partial charge is 0.000973 e. The molecular weight excluding hydrogens is 242 g/mol. The normalized spacial score (nSPS) is 21.4. The van der Waals surface area contributed by atoms with E-state index in [1.165, 1.54) is 90.1 Å². The van der Waals surface area contributed by atoms with Gasteiger partial charge in [-0.05, 0) is 31.8 Å². The summed E-state index contributed by atoms with van der Waals surface area (Å²) in [5.74, 6) is 2.03. The first-order valence-corrected chi connectivity index (χ1v) is 9.46. The lowest BCUT2D eigenvalue weighted by Gasteiger charge is -2.23. The van der Waals surface area contributed by atoms with Gasteiger partial charge in [0.05, 0.1) is 0 Å². The maximum atomic E-state index is 2.54. The van der Waals surface area contributed by atoms with Crippen LogP contribution >= 0.6 is 0 Å². The van der Waals surface area contributed by atoms with Crippen LogP contribution in [-0.2, 0) is 0 Å². The predicted octanol–water partition coefficient (Wildman–Crippen LogP) is 5.89. The summed E-state index contributed by atoms with van der Waals surface area (Å²) in [4.78, 5) is 2.54. The molecule has 120 valence electrons. The van der Waals surface area contributed by atoms with Crippen LogP contribution in [0.15, 0.2) is 0 Å². The highest BCUT2D eigenvalue weighted by Gasteiger charge is 2.26. The summed E-state index contributed by atoms with van der Waals surface area (Å²) < 4.78 is 0. The molecule has 0 spiro atoms. The summed E-state index contributed by atoms with van der Waals surface area (Å²) in [6.07, 6.45) is 17.5. The first kappa shape index (κ1) is 18.0. The molecule has 0 amide bonds. The first-order valence-electron chi connectivity index (χ1n) is 9.46. The van der Waals surface area contributed by atoms with E-state index < -0.39 is 0 Å². The lowest BCUT2D eigenvalue weighted by molar-refractivity contribution is 0.273. The van der Waals surface area contributed by atoms with Gasteiger partial charge >= 0.3 is 0 Å². The fourth-order valence-corrected chi connectivity index (χ4v) is 3.81. The molecule has 1 heterocycles. The number of rotatable bonds is 12. The van der Waals surface area contributed by atoms with E-state index >= 15 is 0 Å². The van der Waals surface area contributed by atoms with E-state index in [0.29, 0.717) is 0 Å². The minimum absolute atomic E-state index is 1.01. The monoisotopic (exact) mass is 281 g/mol. The molecule has 0 N–H and O–H groups in total. The number of nitrogens with zero attached hydrogens (tertiary/aromatic N) is 1. The number of hydrogen-bond acceptors (Lipinski definition) is 1. The lowest BCUT2D eigenvalue weighted by Crippen LogP contribution is -2.20. The molecular formula is C19H39N. The zero-order chi connectivity index (χ0) is 14.6. The highest BCUT2D eigenvalue weighted by atomic mass is 15.1. The van der Waals surface area contributed by atoms with Gasteiger partial charge in [0, 0.05) is 6.54 Å². The van der Waals surface area contributed by atoms with Crippen LogP contribution in [0.5, 0.6) is 0 Å². The molecule has 1 heteroatoms. The molecule has 0 aliphatic carbocycles. The van der Waals surface area contributed by atoms with Crippen molar-refractivity contribution in [2.24, 2.45) is 11.8 Å². The molecule has 1 fully saturated rings. The van der Waals surface area contributed by atoms with Crippen LogP contribution in [0.4, 0.5) is 0 Å². The minimum Gasteiger partial charge on any atom is -0.306 e. The van der Waals surface area contributed by atoms with E-state index in [0.717, 1.165) is 11.8 Å². The molecule has 0 bridgehead atoms. The van der Waals surface area contributed by atoms with Crippen LogP contribution in [0.25, 0.3) is 0 Å². The van der Waals surface area contributed by atoms with Crippen molar-refractivity contribution in [3.63, 3.8) is 0 Å². The van der Waals surface area contributed by atoms with Crippen molar-refractivity contribution in [1.29, 1.82) is 0 Å². The van der Waals surface area contributed by atoms with Gasteiger partial charge in [-0.25, -0.2) is 0 Å². The average molecular weight is 282 g/mol. The van der Waals surface area contributed by atoms with Crippen LogP contribution in [0, 0.1) is 11.8 Å². The third-order valence-electron chi connectivity index (χ3n) is 5.20. The van der Waals surface area contributed by atoms with Crippen molar-refractivity contribution < 1.29 is 0 Å². The molecule has 1 nitrogen and oxygen atoms in total. The third kappa shape index (κ3) is 7.67. The van der Waals surface area contributed by atoms with E-state index in [4.69, 9.17) is 0 Å². The fourth-order valence-electron chi connectivity index (χ4n) is 3.81. The average Bonchev–Trinajstić information content (AvgIpc) is 2.87. The van der Waals surface area contributed by atoms with Gasteiger partial charge in [0.2, 0.25) is 0 Å². The van der Waals surface area contributed by atoms with E-state index in [1.807, 2.05) is 0 Å². The molecule has 0 aromatic rings. The Hall–Kier alpha value is -0.0400. The molecule has 1 unspecified atom stereocenters. The zero-order valence-corrected chi connectivity index (χ0v) is 14.5. The maximum Gasteiger partial charge on any atom is 0.000973 e. The van der Waals surface area contributed by atoms with Crippen molar-refractivity contribution in [3.05, 3.63) is 0 Å². The van der Waals surface area contributed by atoms with Crippen LogP contribution in [0.2, 0.25) is 0 Å². The molecule has 0 aromatic heterocycles. The first-order chi connectivity index (χ1) is 9.77. The summed E-state index contributed by atoms with van der Waals surface area (Å²) in [5.41, 5.74) is 0. The standard InChI is InChI=1S/C19H39N/c1-4-6-8-10-12-14-18(13-11-9-7-5-2)19-15-16-20(3)17-19/h18-19H,4-17H2,1-3H3/t18?,19-/m1/s1. The highest BCUT2D eigenvalue weighted by Crippen LogP contribution is 2.31. The third-order valence-corrected chi connectivity index (χ3v) is 5.20. The Morgan fingerprint density at radius 3 is 1.90 bits per heavy atom. The van der Waals surface area contributed by atoms with Crippen LogP contribution in [0.3, 0.4) is 0 Å². The second kappa shape index (κ2) is 11.6. The minimum atomic E-state index is 1.01. The Bertz CT molecular complexity index is 214. The van der Waals surface area contributed by atoms with Gasteiger partial charge in [-0.1, -0.05) is 84.5 Å². The lowest BCUT2D eigenvalue weighted by atomic mass is 9.83. The Kier molecular flexibility index (Phi) is 10.4. The second-order valence-corrected chi connectivity index (χ2v) is 7.12. The molecule has 0 radical (unpaired) electrons. The molecule has 2 atom stereocenters. The molecule has 20 heavy (non-hydrogen) atoms. The summed E-state index contributed by atoms with van der Waals surface area (Å²) in [7, 11) is 2.30. The van der Waals surface area contributed by atoms with E-state index in [9.17, 15) is 0 Å². The number of hydrogen-bond donors (Lipinski definition) is 0. The predicted molar refractivity (Wildman–Crippen MR) is 91.2 cm³/mol. The van der Waals surface area contributed by atoms with Gasteiger partial charge < -0.3 is 4.90 Å². The summed E-state index contributed by atoms with van der Waals surface area (Å²) in [6.45, 7) is 7.33. The van der Waals surface area contributed by atoms with Gasteiger partial charge in [-0.15, -0.1) is 0 Å². The molecule has 0 aromatic carbocycles. The molecule has 1 aliphatic rings. The molecule has 1 saturated heterocycles. The maximum absolute atomic E-state index is 2.54. The van der Waals surface area contributed by atoms with Crippen molar-refractivity contribution >= 4 is 0 Å². The summed E-state index contributed by atoms with van der Waals surface area (Å²) in [5, 5.41) is 0. The Balaban J connectivity index is 2.23. The number of likely N-dealkylation sites (tertiary alicyclic amines) is 1. The van der Waals surface area contributed by atoms with Gasteiger partial charge in [-0.3, -0.25) is 0 Å². The Morgan fingerprint density at radius 2 is 1.40 bits per heavy atom. The summed E-state index contributed by atoms with van der Waals surface area (Å²) in [6, 6.07) is 0. The van der Waals surface area contributed by atoms with Gasteiger partial charge in [0.1, 0.15) is 0 Å². The van der Waals surface area contributed by atoms with E-state index in [-0.39, 0.29) is 0 Å². The fraction of sp³-hybridized carbons (Fsp3) is 1.00. The molecule has 1 aliphatic heterocycles. The Labute approximate surface area is 128 Å². The van der Waals surface area contributed by atoms with Crippen molar-refractivity contribution in [3.8, 4) is 0 Å². The Morgan fingerprint density at radius 1 is 0.850 bits per heavy atom. The van der Waals surface area contributed by atoms with Crippen molar-refractivity contribution in [2.75, 3.05) is 20.1 Å². The highest BCUT2D eigenvalue weighted by molar-refractivity contribution is 4.79. The SMILES string of the molecule is CCCCCCCC(CCCCCC)[C@@H]1CCN(C)C1.